The molecular weight excluding hydrogens is 333 g/mol. The number of halogens is 3. The Hall–Kier alpha value is -2.00. The van der Waals surface area contributed by atoms with Gasteiger partial charge in [-0.3, -0.25) is 10.2 Å². The first-order valence-corrected chi connectivity index (χ1v) is 8.27. The summed E-state index contributed by atoms with van der Waals surface area (Å²) in [6.07, 6.45) is -2.24. The third-order valence-electron chi connectivity index (χ3n) is 5.05. The van der Waals surface area contributed by atoms with Crippen molar-refractivity contribution < 1.29 is 13.2 Å². The van der Waals surface area contributed by atoms with Gasteiger partial charge in [-0.2, -0.15) is 13.2 Å². The van der Waals surface area contributed by atoms with E-state index in [1.807, 2.05) is 6.07 Å². The first-order chi connectivity index (χ1) is 11.9. The predicted octanol–water partition coefficient (Wildman–Crippen LogP) is 1.91. The number of nitrogens with one attached hydrogen (secondary N) is 1. The molecule has 0 amide bonds. The molecule has 1 aromatic heterocycles. The summed E-state index contributed by atoms with van der Waals surface area (Å²) in [6, 6.07) is 10.4. The summed E-state index contributed by atoms with van der Waals surface area (Å²) in [7, 11) is 0. The van der Waals surface area contributed by atoms with Crippen LogP contribution in [0, 0.1) is 0 Å². The molecule has 2 fully saturated rings. The van der Waals surface area contributed by atoms with Crippen LogP contribution in [0.3, 0.4) is 0 Å². The van der Waals surface area contributed by atoms with Gasteiger partial charge in [0.1, 0.15) is 6.54 Å². The molecule has 25 heavy (non-hydrogen) atoms. The van der Waals surface area contributed by atoms with E-state index in [-0.39, 0.29) is 11.4 Å². The normalized spacial score (nSPS) is 26.9. The first kappa shape index (κ1) is 16.5. The molecule has 0 bridgehead atoms. The van der Waals surface area contributed by atoms with Crippen LogP contribution in [-0.4, -0.2) is 50.0 Å². The van der Waals surface area contributed by atoms with Gasteiger partial charge < -0.3 is 0 Å². The fourth-order valence-corrected chi connectivity index (χ4v) is 3.88. The summed E-state index contributed by atoms with van der Waals surface area (Å²) >= 11 is 0. The van der Waals surface area contributed by atoms with Gasteiger partial charge in [-0.15, -0.1) is 5.10 Å². The predicted molar refractivity (Wildman–Crippen MR) is 83.4 cm³/mol. The highest BCUT2D eigenvalue weighted by atomic mass is 19.4. The van der Waals surface area contributed by atoms with Crippen molar-refractivity contribution in [3.63, 3.8) is 0 Å². The Morgan fingerprint density at radius 3 is 2.68 bits per heavy atom. The largest absolute Gasteiger partial charge is 0.408 e. The molecule has 0 unspecified atom stereocenters. The van der Waals surface area contributed by atoms with Gasteiger partial charge in [-0.1, -0.05) is 30.3 Å². The number of benzene rings is 1. The Bertz CT molecular complexity index is 723. The van der Waals surface area contributed by atoms with Crippen LogP contribution in [0.15, 0.2) is 30.3 Å². The van der Waals surface area contributed by atoms with Crippen LogP contribution < -0.4 is 5.32 Å². The zero-order valence-corrected chi connectivity index (χ0v) is 13.6. The molecule has 0 atom stereocenters. The minimum atomic E-state index is -4.33. The van der Waals surface area contributed by atoms with Crippen LogP contribution in [0.2, 0.25) is 0 Å². The van der Waals surface area contributed by atoms with Gasteiger partial charge in [-0.05, 0) is 34.7 Å². The zero-order valence-electron chi connectivity index (χ0n) is 13.6. The number of alkyl halides is 3. The third-order valence-corrected chi connectivity index (χ3v) is 5.05. The van der Waals surface area contributed by atoms with Gasteiger partial charge in [0.15, 0.2) is 5.82 Å². The van der Waals surface area contributed by atoms with Crippen molar-refractivity contribution in [1.82, 2.24) is 30.4 Å². The smallest absolute Gasteiger partial charge is 0.297 e. The molecule has 4 rings (SSSR count). The van der Waals surface area contributed by atoms with E-state index in [9.17, 15) is 13.2 Å². The van der Waals surface area contributed by atoms with E-state index >= 15 is 0 Å². The Kier molecular flexibility index (Phi) is 3.99. The van der Waals surface area contributed by atoms with Crippen molar-refractivity contribution in [2.45, 2.75) is 43.6 Å². The maximum atomic E-state index is 12.6. The molecule has 134 valence electrons. The Morgan fingerprint density at radius 2 is 1.96 bits per heavy atom. The number of hydrogen-bond donors (Lipinski definition) is 1. The van der Waals surface area contributed by atoms with E-state index in [0.717, 1.165) is 24.1 Å². The highest BCUT2D eigenvalue weighted by molar-refractivity contribution is 5.26. The quantitative estimate of drug-likeness (QED) is 0.911. The van der Waals surface area contributed by atoms with Crippen molar-refractivity contribution in [3.05, 3.63) is 41.7 Å². The van der Waals surface area contributed by atoms with Crippen LogP contribution in [0.1, 0.15) is 30.1 Å². The zero-order chi connectivity index (χ0) is 17.5. The lowest BCUT2D eigenvalue weighted by Crippen LogP contribution is -2.52. The van der Waals surface area contributed by atoms with Crippen molar-refractivity contribution >= 4 is 0 Å². The summed E-state index contributed by atoms with van der Waals surface area (Å²) in [5.41, 5.74) is 1.41. The molecule has 9 heteroatoms. The number of aromatic nitrogens is 4. The molecule has 1 aliphatic carbocycles. The maximum Gasteiger partial charge on any atom is 0.408 e. The van der Waals surface area contributed by atoms with Crippen LogP contribution in [0.25, 0.3) is 0 Å². The van der Waals surface area contributed by atoms with Crippen LogP contribution >= 0.6 is 0 Å². The van der Waals surface area contributed by atoms with Crippen LogP contribution in [0.5, 0.6) is 0 Å². The summed E-state index contributed by atoms with van der Waals surface area (Å²) in [5.74, 6) is 0.791. The SMILES string of the molecule is FC(F)(F)Cn1nnnc1CN1CNC2(CC(c3ccccc3)C2)C1. The Balaban J connectivity index is 1.35. The summed E-state index contributed by atoms with van der Waals surface area (Å²) in [4.78, 5) is 2.07. The standard InChI is InChI=1S/C16H19F3N6/c17-16(18,19)10-25-14(21-22-23-25)8-24-9-15(20-11-24)6-13(7-15)12-4-2-1-3-5-12/h1-5,13,20H,6-11H2. The lowest BCUT2D eigenvalue weighted by molar-refractivity contribution is -0.143. The molecule has 1 spiro atoms. The third kappa shape index (κ3) is 3.52. The van der Waals surface area contributed by atoms with Crippen molar-refractivity contribution in [2.24, 2.45) is 0 Å². The van der Waals surface area contributed by atoms with Gasteiger partial charge in [-0.25, -0.2) is 4.68 Å². The molecule has 1 aliphatic heterocycles. The van der Waals surface area contributed by atoms with E-state index in [1.54, 1.807) is 0 Å². The Morgan fingerprint density at radius 1 is 1.20 bits per heavy atom. The Labute approximate surface area is 143 Å². The first-order valence-electron chi connectivity index (χ1n) is 8.27. The highest BCUT2D eigenvalue weighted by Gasteiger charge is 2.48. The lowest BCUT2D eigenvalue weighted by Gasteiger charge is -2.45. The second kappa shape index (κ2) is 6.06. The summed E-state index contributed by atoms with van der Waals surface area (Å²) in [6.45, 7) is 0.598. The molecular formula is C16H19F3N6. The topological polar surface area (TPSA) is 58.9 Å². The molecule has 2 aliphatic rings. The van der Waals surface area contributed by atoms with E-state index < -0.39 is 12.7 Å². The lowest BCUT2D eigenvalue weighted by atomic mass is 9.66. The number of nitrogens with zero attached hydrogens (tertiary/aromatic N) is 5. The minimum absolute atomic E-state index is 0.0583. The molecule has 1 saturated heterocycles. The van der Waals surface area contributed by atoms with Gasteiger partial charge in [0.05, 0.1) is 6.54 Å². The van der Waals surface area contributed by atoms with Crippen molar-refractivity contribution in [3.8, 4) is 0 Å². The highest BCUT2D eigenvalue weighted by Crippen LogP contribution is 2.46. The van der Waals surface area contributed by atoms with E-state index in [4.69, 9.17) is 0 Å². The van der Waals surface area contributed by atoms with E-state index in [0.29, 0.717) is 19.1 Å². The molecule has 6 nitrogen and oxygen atoms in total. The molecule has 1 N–H and O–H groups in total. The second-order valence-corrected chi connectivity index (χ2v) is 6.99. The average Bonchev–Trinajstić information content (AvgIpc) is 3.13. The molecule has 2 aromatic rings. The maximum absolute atomic E-state index is 12.6. The second-order valence-electron chi connectivity index (χ2n) is 6.99. The van der Waals surface area contributed by atoms with Crippen molar-refractivity contribution in [2.75, 3.05) is 13.2 Å². The number of tetrazole rings is 1. The van der Waals surface area contributed by atoms with Gasteiger partial charge in [0, 0.05) is 18.8 Å². The van der Waals surface area contributed by atoms with E-state index in [1.165, 1.54) is 5.56 Å². The number of hydrogen-bond acceptors (Lipinski definition) is 5. The van der Waals surface area contributed by atoms with Gasteiger partial charge >= 0.3 is 6.18 Å². The fourth-order valence-electron chi connectivity index (χ4n) is 3.88. The van der Waals surface area contributed by atoms with Gasteiger partial charge in [0.25, 0.3) is 0 Å². The fraction of sp³-hybridized carbons (Fsp3) is 0.562. The summed E-state index contributed by atoms with van der Waals surface area (Å²) < 4.78 is 38.5. The molecule has 2 heterocycles. The average molecular weight is 352 g/mol. The number of rotatable bonds is 4. The molecule has 0 radical (unpaired) electrons. The van der Waals surface area contributed by atoms with Gasteiger partial charge in [0.2, 0.25) is 0 Å². The minimum Gasteiger partial charge on any atom is -0.297 e. The monoisotopic (exact) mass is 352 g/mol. The van der Waals surface area contributed by atoms with Crippen LogP contribution in [-0.2, 0) is 13.1 Å². The summed E-state index contributed by atoms with van der Waals surface area (Å²) in [5, 5.41) is 14.1. The van der Waals surface area contributed by atoms with Crippen molar-refractivity contribution in [1.29, 1.82) is 0 Å². The molecule has 1 saturated carbocycles. The molecule has 1 aromatic carbocycles. The van der Waals surface area contributed by atoms with E-state index in [2.05, 4.69) is 50.0 Å². The van der Waals surface area contributed by atoms with Crippen LogP contribution in [0.4, 0.5) is 13.2 Å².